The van der Waals surface area contributed by atoms with Crippen molar-refractivity contribution in [1.29, 1.82) is 0 Å². The molecule has 0 radical (unpaired) electrons. The SMILES string of the molecule is O=C(c1cc(Cl)cn1C1CC1)N(CCO)C1CCCCC1. The van der Waals surface area contributed by atoms with Gasteiger partial charge in [0, 0.05) is 24.8 Å². The Hall–Kier alpha value is -1.00. The first-order valence-corrected chi connectivity index (χ1v) is 8.37. The first kappa shape index (κ1) is 14.9. The predicted molar refractivity (Wildman–Crippen MR) is 82.7 cm³/mol. The zero-order chi connectivity index (χ0) is 14.8. The average molecular weight is 311 g/mol. The summed E-state index contributed by atoms with van der Waals surface area (Å²) in [5.41, 5.74) is 0.682. The van der Waals surface area contributed by atoms with Gasteiger partial charge >= 0.3 is 0 Å². The molecule has 2 aliphatic carbocycles. The lowest BCUT2D eigenvalue weighted by Crippen LogP contribution is -2.43. The third-order valence-electron chi connectivity index (χ3n) is 4.59. The van der Waals surface area contributed by atoms with Crippen LogP contribution in [0.3, 0.4) is 0 Å². The fourth-order valence-electron chi connectivity index (χ4n) is 3.37. The Morgan fingerprint density at radius 1 is 1.29 bits per heavy atom. The second kappa shape index (κ2) is 6.41. The van der Waals surface area contributed by atoms with Gasteiger partial charge in [-0.1, -0.05) is 30.9 Å². The molecule has 0 bridgehead atoms. The molecule has 1 aromatic heterocycles. The largest absolute Gasteiger partial charge is 0.395 e. The number of aromatic nitrogens is 1. The number of carbonyl (C=O) groups is 1. The van der Waals surface area contributed by atoms with E-state index in [1.807, 2.05) is 15.7 Å². The minimum absolute atomic E-state index is 0.0140. The zero-order valence-electron chi connectivity index (χ0n) is 12.3. The van der Waals surface area contributed by atoms with Gasteiger partial charge in [0.2, 0.25) is 0 Å². The number of aliphatic hydroxyl groups is 1. The highest BCUT2D eigenvalue weighted by Crippen LogP contribution is 2.38. The van der Waals surface area contributed by atoms with Crippen LogP contribution in [0.1, 0.15) is 61.5 Å². The summed E-state index contributed by atoms with van der Waals surface area (Å²) in [6, 6.07) is 2.47. The second-order valence-electron chi connectivity index (χ2n) is 6.20. The van der Waals surface area contributed by atoms with Gasteiger partial charge in [0.1, 0.15) is 5.69 Å². The molecule has 0 aromatic carbocycles. The monoisotopic (exact) mass is 310 g/mol. The van der Waals surface area contributed by atoms with Crippen LogP contribution in [0.5, 0.6) is 0 Å². The first-order chi connectivity index (χ1) is 10.2. The highest BCUT2D eigenvalue weighted by atomic mass is 35.5. The molecule has 1 amide bonds. The lowest BCUT2D eigenvalue weighted by molar-refractivity contribution is 0.0574. The molecular formula is C16H23ClN2O2. The van der Waals surface area contributed by atoms with Gasteiger partial charge in [0.05, 0.1) is 11.6 Å². The fraction of sp³-hybridized carbons (Fsp3) is 0.688. The molecule has 21 heavy (non-hydrogen) atoms. The maximum atomic E-state index is 12.9. The van der Waals surface area contributed by atoms with Gasteiger partial charge in [-0.25, -0.2) is 0 Å². The molecule has 1 heterocycles. The van der Waals surface area contributed by atoms with Crippen molar-refractivity contribution in [2.45, 2.75) is 57.0 Å². The van der Waals surface area contributed by atoms with E-state index < -0.39 is 0 Å². The van der Waals surface area contributed by atoms with E-state index in [0.717, 1.165) is 25.7 Å². The van der Waals surface area contributed by atoms with Crippen molar-refractivity contribution in [2.24, 2.45) is 0 Å². The summed E-state index contributed by atoms with van der Waals surface area (Å²) >= 11 is 6.11. The maximum Gasteiger partial charge on any atom is 0.270 e. The van der Waals surface area contributed by atoms with E-state index in [2.05, 4.69) is 0 Å². The summed E-state index contributed by atoms with van der Waals surface area (Å²) in [5, 5.41) is 9.96. The quantitative estimate of drug-likeness (QED) is 0.907. The summed E-state index contributed by atoms with van der Waals surface area (Å²) in [4.78, 5) is 14.8. The molecule has 0 spiro atoms. The van der Waals surface area contributed by atoms with E-state index >= 15 is 0 Å². The van der Waals surface area contributed by atoms with Crippen molar-refractivity contribution < 1.29 is 9.90 Å². The lowest BCUT2D eigenvalue weighted by atomic mass is 9.94. The van der Waals surface area contributed by atoms with Gasteiger partial charge in [-0.3, -0.25) is 4.79 Å². The molecule has 2 aliphatic rings. The van der Waals surface area contributed by atoms with Crippen LogP contribution in [-0.4, -0.2) is 39.7 Å². The number of hydrogen-bond acceptors (Lipinski definition) is 2. The Morgan fingerprint density at radius 3 is 2.62 bits per heavy atom. The molecule has 0 atom stereocenters. The van der Waals surface area contributed by atoms with Gasteiger partial charge in [-0.05, 0) is 31.7 Å². The van der Waals surface area contributed by atoms with Crippen LogP contribution in [0.4, 0.5) is 0 Å². The van der Waals surface area contributed by atoms with Crippen LogP contribution < -0.4 is 0 Å². The van der Waals surface area contributed by atoms with Crippen molar-refractivity contribution in [3.63, 3.8) is 0 Å². The summed E-state index contributed by atoms with van der Waals surface area (Å²) in [5.74, 6) is 0.0229. The molecule has 2 saturated carbocycles. The third-order valence-corrected chi connectivity index (χ3v) is 4.80. The first-order valence-electron chi connectivity index (χ1n) is 8.00. The molecule has 2 fully saturated rings. The van der Waals surface area contributed by atoms with E-state index in [1.165, 1.54) is 19.3 Å². The Kier molecular flexibility index (Phi) is 4.55. The minimum atomic E-state index is 0.0140. The molecule has 0 aliphatic heterocycles. The summed E-state index contributed by atoms with van der Waals surface area (Å²) in [6.07, 6.45) is 9.79. The van der Waals surface area contributed by atoms with Gasteiger partial charge in [0.15, 0.2) is 0 Å². The maximum absolute atomic E-state index is 12.9. The smallest absolute Gasteiger partial charge is 0.270 e. The van der Waals surface area contributed by atoms with Gasteiger partial charge in [0.25, 0.3) is 5.91 Å². The van der Waals surface area contributed by atoms with E-state index in [1.54, 1.807) is 6.07 Å². The number of carbonyl (C=O) groups excluding carboxylic acids is 1. The molecule has 1 aromatic rings. The third kappa shape index (κ3) is 3.27. The molecule has 3 rings (SSSR count). The van der Waals surface area contributed by atoms with Crippen LogP contribution in [0.15, 0.2) is 12.3 Å². The van der Waals surface area contributed by atoms with E-state index in [9.17, 15) is 9.90 Å². The number of hydrogen-bond donors (Lipinski definition) is 1. The topological polar surface area (TPSA) is 45.5 Å². The van der Waals surface area contributed by atoms with Crippen molar-refractivity contribution in [3.05, 3.63) is 23.0 Å². The van der Waals surface area contributed by atoms with E-state index in [0.29, 0.717) is 23.3 Å². The summed E-state index contributed by atoms with van der Waals surface area (Å²) in [7, 11) is 0. The van der Waals surface area contributed by atoms with Gasteiger partial charge < -0.3 is 14.6 Å². The number of rotatable bonds is 5. The Labute approximate surface area is 130 Å². The van der Waals surface area contributed by atoms with Crippen molar-refractivity contribution in [1.82, 2.24) is 9.47 Å². The second-order valence-corrected chi connectivity index (χ2v) is 6.63. The molecule has 1 N–H and O–H groups in total. The molecule has 0 unspecified atom stereocenters. The number of amides is 1. The number of nitrogens with zero attached hydrogens (tertiary/aromatic N) is 2. The van der Waals surface area contributed by atoms with Crippen molar-refractivity contribution in [3.8, 4) is 0 Å². The standard InChI is InChI=1S/C16H23ClN2O2/c17-12-10-15(19(11-12)14-6-7-14)16(21)18(8-9-20)13-4-2-1-3-5-13/h10-11,13-14,20H,1-9H2. The Bertz CT molecular complexity index is 504. The van der Waals surface area contributed by atoms with Crippen LogP contribution in [-0.2, 0) is 0 Å². The normalized spacial score (nSPS) is 19.7. The summed E-state index contributed by atoms with van der Waals surface area (Å²) in [6.45, 7) is 0.428. The van der Waals surface area contributed by atoms with Crippen molar-refractivity contribution in [2.75, 3.05) is 13.2 Å². The van der Waals surface area contributed by atoms with Crippen LogP contribution in [0, 0.1) is 0 Å². The number of aliphatic hydroxyl groups excluding tert-OH is 1. The van der Waals surface area contributed by atoms with Gasteiger partial charge in [-0.15, -0.1) is 0 Å². The fourth-order valence-corrected chi connectivity index (χ4v) is 3.58. The molecule has 0 saturated heterocycles. The summed E-state index contributed by atoms with van der Waals surface area (Å²) < 4.78 is 2.03. The molecule has 4 nitrogen and oxygen atoms in total. The van der Waals surface area contributed by atoms with Crippen molar-refractivity contribution >= 4 is 17.5 Å². The highest BCUT2D eigenvalue weighted by Gasteiger charge is 2.32. The average Bonchev–Trinajstić information content (AvgIpc) is 3.27. The minimum Gasteiger partial charge on any atom is -0.395 e. The molecule has 5 heteroatoms. The lowest BCUT2D eigenvalue weighted by Gasteiger charge is -2.34. The van der Waals surface area contributed by atoms with E-state index in [-0.39, 0.29) is 18.6 Å². The predicted octanol–water partition coefficient (Wildman–Crippen LogP) is 3.24. The van der Waals surface area contributed by atoms with Crippen LogP contribution in [0.2, 0.25) is 5.02 Å². The molecular weight excluding hydrogens is 288 g/mol. The van der Waals surface area contributed by atoms with Crippen LogP contribution >= 0.6 is 11.6 Å². The zero-order valence-corrected chi connectivity index (χ0v) is 13.1. The number of halogens is 1. The molecule has 116 valence electrons. The van der Waals surface area contributed by atoms with Crippen LogP contribution in [0.25, 0.3) is 0 Å². The van der Waals surface area contributed by atoms with Gasteiger partial charge in [-0.2, -0.15) is 0 Å². The highest BCUT2D eigenvalue weighted by molar-refractivity contribution is 6.31. The Morgan fingerprint density at radius 2 is 2.00 bits per heavy atom. The Balaban J connectivity index is 1.82. The van der Waals surface area contributed by atoms with E-state index in [4.69, 9.17) is 11.6 Å².